The second-order valence-corrected chi connectivity index (χ2v) is 4.82. The van der Waals surface area contributed by atoms with Crippen molar-refractivity contribution in [2.24, 2.45) is 0 Å². The summed E-state index contributed by atoms with van der Waals surface area (Å²) in [6.45, 7) is 0. The lowest BCUT2D eigenvalue weighted by Crippen LogP contribution is -2.13. The molecule has 1 heterocycles. The van der Waals surface area contributed by atoms with Crippen molar-refractivity contribution in [3.8, 4) is 0 Å². The third-order valence-corrected chi connectivity index (χ3v) is 2.98. The lowest BCUT2D eigenvalue weighted by Gasteiger charge is -2.07. The number of benzene rings is 1. The number of nitrogens with zero attached hydrogens (tertiary/aromatic N) is 1. The average Bonchev–Trinajstić information content (AvgIpc) is 2.36. The van der Waals surface area contributed by atoms with Crippen LogP contribution < -0.4 is 5.32 Å². The van der Waals surface area contributed by atoms with E-state index < -0.39 is 11.7 Å². The number of hydrogen-bond donors (Lipinski definition) is 1. The van der Waals surface area contributed by atoms with Crippen molar-refractivity contribution < 1.29 is 9.18 Å². The molecular weight excluding hydrogens is 314 g/mol. The summed E-state index contributed by atoms with van der Waals surface area (Å²) in [4.78, 5) is 15.7. The molecule has 19 heavy (non-hydrogen) atoms. The lowest BCUT2D eigenvalue weighted by molar-refractivity contribution is 0.102. The minimum Gasteiger partial charge on any atom is -0.321 e. The molecule has 0 unspecified atom stereocenters. The number of rotatable bonds is 2. The molecule has 0 aliphatic heterocycles. The van der Waals surface area contributed by atoms with Crippen LogP contribution in [0.4, 0.5) is 10.1 Å². The van der Waals surface area contributed by atoms with Crippen LogP contribution in [0.15, 0.2) is 30.5 Å². The van der Waals surface area contributed by atoms with Gasteiger partial charge in [-0.25, -0.2) is 4.39 Å². The largest absolute Gasteiger partial charge is 0.321 e. The van der Waals surface area contributed by atoms with Gasteiger partial charge in [0.25, 0.3) is 5.91 Å². The van der Waals surface area contributed by atoms with Crippen LogP contribution in [-0.4, -0.2) is 10.9 Å². The summed E-state index contributed by atoms with van der Waals surface area (Å²) in [6, 6.07) is 5.46. The molecule has 1 aromatic carbocycles. The van der Waals surface area contributed by atoms with Gasteiger partial charge in [0, 0.05) is 16.9 Å². The summed E-state index contributed by atoms with van der Waals surface area (Å²) in [5, 5.41) is 2.53. The number of carbonyl (C=O) groups is 1. The number of hydrogen-bond acceptors (Lipinski definition) is 2. The Hall–Kier alpha value is -1.36. The molecule has 0 atom stereocenters. The van der Waals surface area contributed by atoms with Gasteiger partial charge in [-0.05, 0) is 24.3 Å². The summed E-state index contributed by atoms with van der Waals surface area (Å²) in [5.74, 6) is -1.23. The van der Waals surface area contributed by atoms with Crippen molar-refractivity contribution >= 4 is 46.4 Å². The molecule has 0 saturated heterocycles. The second kappa shape index (κ2) is 5.74. The van der Waals surface area contributed by atoms with Crippen LogP contribution in [0.25, 0.3) is 0 Å². The molecule has 1 N–H and O–H groups in total. The van der Waals surface area contributed by atoms with Crippen LogP contribution in [0.5, 0.6) is 0 Å². The van der Waals surface area contributed by atoms with Gasteiger partial charge in [-0.15, -0.1) is 0 Å². The van der Waals surface area contributed by atoms with Gasteiger partial charge in [0.2, 0.25) is 0 Å². The fourth-order valence-corrected chi connectivity index (χ4v) is 2.00. The van der Waals surface area contributed by atoms with E-state index in [1.807, 2.05) is 0 Å². The van der Waals surface area contributed by atoms with Crippen molar-refractivity contribution in [3.05, 3.63) is 57.0 Å². The van der Waals surface area contributed by atoms with Gasteiger partial charge >= 0.3 is 0 Å². The van der Waals surface area contributed by atoms with Gasteiger partial charge in [-0.3, -0.25) is 9.78 Å². The average molecular weight is 320 g/mol. The number of aromatic nitrogens is 1. The predicted molar refractivity (Wildman–Crippen MR) is 73.6 cm³/mol. The molecule has 0 aliphatic rings. The Kier molecular flexibility index (Phi) is 4.24. The van der Waals surface area contributed by atoms with E-state index in [1.165, 1.54) is 24.4 Å². The van der Waals surface area contributed by atoms with Crippen molar-refractivity contribution in [1.29, 1.82) is 0 Å². The highest BCUT2D eigenvalue weighted by Gasteiger charge is 2.12. The van der Waals surface area contributed by atoms with Gasteiger partial charge in [-0.1, -0.05) is 34.8 Å². The molecule has 0 saturated carbocycles. The normalized spacial score (nSPS) is 10.3. The van der Waals surface area contributed by atoms with Crippen molar-refractivity contribution in [2.75, 3.05) is 5.32 Å². The zero-order valence-corrected chi connectivity index (χ0v) is 11.5. The molecule has 1 amide bonds. The maximum Gasteiger partial charge on any atom is 0.274 e. The zero-order chi connectivity index (χ0) is 14.0. The van der Waals surface area contributed by atoms with E-state index in [2.05, 4.69) is 10.3 Å². The molecule has 0 spiro atoms. The topological polar surface area (TPSA) is 42.0 Å². The van der Waals surface area contributed by atoms with E-state index in [4.69, 9.17) is 34.8 Å². The van der Waals surface area contributed by atoms with E-state index in [9.17, 15) is 9.18 Å². The van der Waals surface area contributed by atoms with Crippen LogP contribution in [0.1, 0.15) is 10.5 Å². The molecule has 0 fully saturated rings. The summed E-state index contributed by atoms with van der Waals surface area (Å²) < 4.78 is 13.2. The monoisotopic (exact) mass is 318 g/mol. The fourth-order valence-electron chi connectivity index (χ4n) is 1.35. The molecule has 3 nitrogen and oxygen atoms in total. The number of amides is 1. The summed E-state index contributed by atoms with van der Waals surface area (Å²) in [7, 11) is 0. The summed E-state index contributed by atoms with van der Waals surface area (Å²) in [5.41, 5.74) is 0.396. The highest BCUT2D eigenvalue weighted by molar-refractivity contribution is 6.35. The molecule has 98 valence electrons. The maximum atomic E-state index is 13.2. The van der Waals surface area contributed by atoms with Crippen LogP contribution in [-0.2, 0) is 0 Å². The van der Waals surface area contributed by atoms with Crippen molar-refractivity contribution in [1.82, 2.24) is 4.98 Å². The minimum atomic E-state index is -0.734. The Balaban J connectivity index is 2.24. The Morgan fingerprint density at radius 1 is 1.16 bits per heavy atom. The summed E-state index contributed by atoms with van der Waals surface area (Å²) in [6.07, 6.45) is 1.40. The third kappa shape index (κ3) is 3.35. The van der Waals surface area contributed by atoms with E-state index in [0.29, 0.717) is 5.02 Å². The Morgan fingerprint density at radius 3 is 2.37 bits per heavy atom. The highest BCUT2D eigenvalue weighted by Crippen LogP contribution is 2.27. The number of nitrogens with one attached hydrogen (secondary N) is 1. The zero-order valence-electron chi connectivity index (χ0n) is 9.25. The van der Waals surface area contributed by atoms with E-state index >= 15 is 0 Å². The van der Waals surface area contributed by atoms with E-state index in [1.54, 1.807) is 6.07 Å². The van der Waals surface area contributed by atoms with Crippen LogP contribution in [0.3, 0.4) is 0 Å². The second-order valence-electron chi connectivity index (χ2n) is 3.57. The molecule has 0 radical (unpaired) electrons. The number of anilines is 1. The molecule has 1 aromatic heterocycles. The molecular formula is C12H6Cl3FN2O. The van der Waals surface area contributed by atoms with Crippen molar-refractivity contribution in [3.63, 3.8) is 0 Å². The molecule has 0 bridgehead atoms. The maximum absolute atomic E-state index is 13.2. The van der Waals surface area contributed by atoms with Gasteiger partial charge in [-0.2, -0.15) is 0 Å². The molecule has 7 heteroatoms. The molecule has 0 aliphatic carbocycles. The third-order valence-electron chi connectivity index (χ3n) is 2.20. The van der Waals surface area contributed by atoms with Crippen molar-refractivity contribution in [2.45, 2.75) is 0 Å². The number of pyridine rings is 1. The summed E-state index contributed by atoms with van der Waals surface area (Å²) >= 11 is 17.0. The SMILES string of the molecule is O=C(Nc1cc(Cl)c(F)c(Cl)c1)c1cc(Cl)ccn1. The van der Waals surface area contributed by atoms with Gasteiger partial charge in [0.15, 0.2) is 5.82 Å². The lowest BCUT2D eigenvalue weighted by atomic mass is 10.3. The van der Waals surface area contributed by atoms with Crippen LogP contribution in [0.2, 0.25) is 15.1 Å². The smallest absolute Gasteiger partial charge is 0.274 e. The highest BCUT2D eigenvalue weighted by atomic mass is 35.5. The first-order chi connectivity index (χ1) is 8.97. The van der Waals surface area contributed by atoms with Crippen LogP contribution >= 0.6 is 34.8 Å². The Morgan fingerprint density at radius 2 is 1.79 bits per heavy atom. The quantitative estimate of drug-likeness (QED) is 0.832. The van der Waals surface area contributed by atoms with E-state index in [0.717, 1.165) is 0 Å². The van der Waals surface area contributed by atoms with Gasteiger partial charge in [0.05, 0.1) is 10.0 Å². The first-order valence-corrected chi connectivity index (χ1v) is 6.18. The Bertz CT molecular complexity index is 626. The number of carbonyl (C=O) groups excluding carboxylic acids is 1. The standard InChI is InChI=1S/C12H6Cl3FN2O/c13-6-1-2-17-10(3-6)12(19)18-7-4-8(14)11(16)9(15)5-7/h1-5H,(H,18,19). The molecule has 2 rings (SSSR count). The predicted octanol–water partition coefficient (Wildman–Crippen LogP) is 4.43. The minimum absolute atomic E-state index is 0.129. The number of halogens is 4. The van der Waals surface area contributed by atoms with Crippen LogP contribution in [0, 0.1) is 5.82 Å². The first-order valence-electron chi connectivity index (χ1n) is 5.05. The molecule has 2 aromatic rings. The van der Waals surface area contributed by atoms with Gasteiger partial charge in [0.1, 0.15) is 5.69 Å². The Labute approximate surface area is 123 Å². The van der Waals surface area contributed by atoms with Gasteiger partial charge < -0.3 is 5.32 Å². The fraction of sp³-hybridized carbons (Fsp3) is 0. The first kappa shape index (κ1) is 14.1. The van der Waals surface area contributed by atoms with E-state index in [-0.39, 0.29) is 21.4 Å².